The molecule has 0 amide bonds. The predicted molar refractivity (Wildman–Crippen MR) is 68.6 cm³/mol. The van der Waals surface area contributed by atoms with Crippen LogP contribution in [-0.4, -0.2) is 49.3 Å². The molecule has 0 aromatic carbocycles. The summed E-state index contributed by atoms with van der Waals surface area (Å²) in [5.41, 5.74) is 0. The largest absolute Gasteiger partial charge is 0.396 e. The van der Waals surface area contributed by atoms with E-state index in [1.54, 1.807) is 0 Å². The van der Waals surface area contributed by atoms with E-state index < -0.39 is 0 Å². The van der Waals surface area contributed by atoms with Crippen molar-refractivity contribution in [3.8, 4) is 0 Å². The Morgan fingerprint density at radius 3 is 2.56 bits per heavy atom. The smallest absolute Gasteiger partial charge is 0.0443 e. The van der Waals surface area contributed by atoms with Crippen molar-refractivity contribution in [2.75, 3.05) is 39.3 Å². The Labute approximate surface area is 100 Å². The molecule has 0 aromatic rings. The topological polar surface area (TPSA) is 35.5 Å². The fourth-order valence-electron chi connectivity index (χ4n) is 2.28. The highest BCUT2D eigenvalue weighted by atomic mass is 16.3. The van der Waals surface area contributed by atoms with Crippen molar-refractivity contribution in [1.29, 1.82) is 0 Å². The maximum Gasteiger partial charge on any atom is 0.0443 e. The van der Waals surface area contributed by atoms with E-state index >= 15 is 0 Å². The molecule has 0 unspecified atom stereocenters. The number of likely N-dealkylation sites (tertiary alicyclic amines) is 1. The lowest BCUT2D eigenvalue weighted by atomic mass is 9.96. The normalized spacial score (nSPS) is 19.5. The van der Waals surface area contributed by atoms with Gasteiger partial charge in [-0.3, -0.25) is 0 Å². The lowest BCUT2D eigenvalue weighted by Gasteiger charge is -2.32. The third kappa shape index (κ3) is 5.83. The van der Waals surface area contributed by atoms with Gasteiger partial charge in [-0.25, -0.2) is 0 Å². The van der Waals surface area contributed by atoms with Gasteiger partial charge in [0, 0.05) is 13.2 Å². The maximum absolute atomic E-state index is 8.78. The van der Waals surface area contributed by atoms with Crippen molar-refractivity contribution in [2.24, 2.45) is 11.8 Å². The average Bonchev–Trinajstić information content (AvgIpc) is 2.27. The van der Waals surface area contributed by atoms with E-state index in [0.717, 1.165) is 31.3 Å². The van der Waals surface area contributed by atoms with Gasteiger partial charge in [-0.15, -0.1) is 0 Å². The Kier molecular flexibility index (Phi) is 7.01. The van der Waals surface area contributed by atoms with Gasteiger partial charge in [-0.2, -0.15) is 0 Å². The summed E-state index contributed by atoms with van der Waals surface area (Å²) in [5, 5.41) is 12.3. The average molecular weight is 228 g/mol. The quantitative estimate of drug-likeness (QED) is 0.690. The first kappa shape index (κ1) is 13.9. The molecule has 0 aliphatic carbocycles. The second-order valence-corrected chi connectivity index (χ2v) is 5.41. The molecule has 3 nitrogen and oxygen atoms in total. The lowest BCUT2D eigenvalue weighted by molar-refractivity contribution is 0.165. The molecular weight excluding hydrogens is 200 g/mol. The summed E-state index contributed by atoms with van der Waals surface area (Å²) in [5.74, 6) is 1.62. The van der Waals surface area contributed by atoms with Crippen LogP contribution in [0.3, 0.4) is 0 Å². The summed E-state index contributed by atoms with van der Waals surface area (Å²) >= 11 is 0. The van der Waals surface area contributed by atoms with Gasteiger partial charge in [-0.05, 0) is 57.3 Å². The molecule has 1 aliphatic rings. The van der Waals surface area contributed by atoms with Gasteiger partial charge in [0.1, 0.15) is 0 Å². The van der Waals surface area contributed by atoms with Crippen LogP contribution in [0.15, 0.2) is 0 Å². The Morgan fingerprint density at radius 2 is 2.00 bits per heavy atom. The van der Waals surface area contributed by atoms with Crippen LogP contribution < -0.4 is 5.32 Å². The highest BCUT2D eigenvalue weighted by Gasteiger charge is 2.18. The number of piperidine rings is 1. The van der Waals surface area contributed by atoms with Gasteiger partial charge in [0.05, 0.1) is 0 Å². The van der Waals surface area contributed by atoms with Gasteiger partial charge < -0.3 is 15.3 Å². The van der Waals surface area contributed by atoms with Crippen LogP contribution in [0.25, 0.3) is 0 Å². The summed E-state index contributed by atoms with van der Waals surface area (Å²) in [6, 6.07) is 0. The molecule has 1 fully saturated rings. The number of rotatable bonds is 7. The molecule has 96 valence electrons. The second kappa shape index (κ2) is 8.04. The molecule has 1 heterocycles. The molecule has 1 saturated heterocycles. The number of nitrogens with zero attached hydrogens (tertiary/aromatic N) is 1. The molecular formula is C13H28N2O. The van der Waals surface area contributed by atoms with Crippen molar-refractivity contribution < 1.29 is 5.11 Å². The van der Waals surface area contributed by atoms with E-state index in [-0.39, 0.29) is 0 Å². The molecule has 2 N–H and O–H groups in total. The molecule has 16 heavy (non-hydrogen) atoms. The first-order valence-corrected chi connectivity index (χ1v) is 6.76. The SMILES string of the molecule is CC(C)CNCC1CCN(CCCO)CC1. The summed E-state index contributed by atoms with van der Waals surface area (Å²) in [6.07, 6.45) is 3.56. The van der Waals surface area contributed by atoms with Crippen LogP contribution in [0.2, 0.25) is 0 Å². The maximum atomic E-state index is 8.78. The molecule has 0 atom stereocenters. The van der Waals surface area contributed by atoms with Crippen molar-refractivity contribution in [2.45, 2.75) is 33.1 Å². The van der Waals surface area contributed by atoms with Crippen molar-refractivity contribution in [1.82, 2.24) is 10.2 Å². The molecule has 0 radical (unpaired) electrons. The standard InChI is InChI=1S/C13H28N2O/c1-12(2)10-14-11-13-4-7-15(8-5-13)6-3-9-16/h12-14,16H,3-11H2,1-2H3. The minimum absolute atomic E-state index is 0.329. The number of aliphatic hydroxyl groups is 1. The molecule has 0 saturated carbocycles. The van der Waals surface area contributed by atoms with Crippen LogP contribution >= 0.6 is 0 Å². The minimum atomic E-state index is 0.329. The molecule has 0 aromatic heterocycles. The van der Waals surface area contributed by atoms with Crippen LogP contribution in [0.4, 0.5) is 0 Å². The first-order chi connectivity index (χ1) is 7.72. The van der Waals surface area contributed by atoms with Crippen LogP contribution in [0.5, 0.6) is 0 Å². The van der Waals surface area contributed by atoms with Gasteiger partial charge in [0.2, 0.25) is 0 Å². The number of aliphatic hydroxyl groups excluding tert-OH is 1. The van der Waals surface area contributed by atoms with E-state index in [0.29, 0.717) is 6.61 Å². The summed E-state index contributed by atoms with van der Waals surface area (Å²) in [6.45, 7) is 10.7. The number of hydrogen-bond acceptors (Lipinski definition) is 3. The second-order valence-electron chi connectivity index (χ2n) is 5.41. The highest BCUT2D eigenvalue weighted by Crippen LogP contribution is 2.16. The number of nitrogens with one attached hydrogen (secondary N) is 1. The fourth-order valence-corrected chi connectivity index (χ4v) is 2.28. The van der Waals surface area contributed by atoms with Gasteiger partial charge in [0.25, 0.3) is 0 Å². The third-order valence-corrected chi connectivity index (χ3v) is 3.33. The molecule has 0 bridgehead atoms. The van der Waals surface area contributed by atoms with Crippen molar-refractivity contribution in [3.05, 3.63) is 0 Å². The lowest BCUT2D eigenvalue weighted by Crippen LogP contribution is -2.38. The zero-order valence-corrected chi connectivity index (χ0v) is 10.9. The third-order valence-electron chi connectivity index (χ3n) is 3.33. The van der Waals surface area contributed by atoms with E-state index in [1.807, 2.05) is 0 Å². The summed E-state index contributed by atoms with van der Waals surface area (Å²) in [7, 11) is 0. The van der Waals surface area contributed by atoms with Crippen LogP contribution in [0.1, 0.15) is 33.1 Å². The van der Waals surface area contributed by atoms with Crippen molar-refractivity contribution in [3.63, 3.8) is 0 Å². The Hall–Kier alpha value is -0.120. The van der Waals surface area contributed by atoms with Crippen molar-refractivity contribution >= 4 is 0 Å². The highest BCUT2D eigenvalue weighted by molar-refractivity contribution is 4.73. The van der Waals surface area contributed by atoms with E-state index in [4.69, 9.17) is 5.11 Å². The van der Waals surface area contributed by atoms with Gasteiger partial charge >= 0.3 is 0 Å². The Balaban J connectivity index is 2.03. The zero-order chi connectivity index (χ0) is 11.8. The van der Waals surface area contributed by atoms with Gasteiger partial charge in [0.15, 0.2) is 0 Å². The van der Waals surface area contributed by atoms with Gasteiger partial charge in [-0.1, -0.05) is 13.8 Å². The monoisotopic (exact) mass is 228 g/mol. The molecule has 1 aliphatic heterocycles. The zero-order valence-electron chi connectivity index (χ0n) is 10.9. The summed E-state index contributed by atoms with van der Waals surface area (Å²) in [4.78, 5) is 2.48. The fraction of sp³-hybridized carbons (Fsp3) is 1.00. The summed E-state index contributed by atoms with van der Waals surface area (Å²) < 4.78 is 0. The Morgan fingerprint density at radius 1 is 1.31 bits per heavy atom. The molecule has 1 rings (SSSR count). The van der Waals surface area contributed by atoms with Crippen LogP contribution in [-0.2, 0) is 0 Å². The number of hydrogen-bond donors (Lipinski definition) is 2. The predicted octanol–water partition coefficient (Wildman–Crippen LogP) is 1.33. The molecule has 3 heteroatoms. The Bertz CT molecular complexity index is 165. The minimum Gasteiger partial charge on any atom is -0.396 e. The van der Waals surface area contributed by atoms with E-state index in [2.05, 4.69) is 24.1 Å². The van der Waals surface area contributed by atoms with Crippen LogP contribution in [0, 0.1) is 11.8 Å². The first-order valence-electron chi connectivity index (χ1n) is 6.76. The van der Waals surface area contributed by atoms with E-state index in [1.165, 1.54) is 32.5 Å². The van der Waals surface area contributed by atoms with E-state index in [9.17, 15) is 0 Å². The molecule has 0 spiro atoms.